The molecular weight excluding hydrogens is 506 g/mol. The zero-order chi connectivity index (χ0) is 29.3. The van der Waals surface area contributed by atoms with E-state index in [1.54, 1.807) is 20.0 Å². The van der Waals surface area contributed by atoms with Gasteiger partial charge in [0.05, 0.1) is 12.5 Å². The van der Waals surface area contributed by atoms with Crippen molar-refractivity contribution < 1.29 is 34.2 Å². The fourth-order valence-electron chi connectivity index (χ4n) is 4.22. The molecule has 0 spiro atoms. The summed E-state index contributed by atoms with van der Waals surface area (Å²) in [4.78, 5) is 65.6. The Labute approximate surface area is 227 Å². The van der Waals surface area contributed by atoms with E-state index in [-0.39, 0.29) is 12.3 Å². The Bertz CT molecular complexity index is 1180. The van der Waals surface area contributed by atoms with Crippen molar-refractivity contribution in [3.05, 3.63) is 36.0 Å². The fourth-order valence-corrected chi connectivity index (χ4v) is 4.22. The second-order valence-corrected chi connectivity index (χ2v) is 10.2. The minimum atomic E-state index is -1.50. The van der Waals surface area contributed by atoms with Crippen molar-refractivity contribution >= 4 is 40.6 Å². The molecule has 12 heteroatoms. The summed E-state index contributed by atoms with van der Waals surface area (Å²) in [6, 6.07) is 2.41. The van der Waals surface area contributed by atoms with Crippen LogP contribution in [0.3, 0.4) is 0 Å². The van der Waals surface area contributed by atoms with E-state index in [4.69, 9.17) is 5.73 Å². The predicted octanol–water partition coefficient (Wildman–Crippen LogP) is 1.14. The normalized spacial score (nSPS) is 15.1. The first-order chi connectivity index (χ1) is 18.3. The van der Waals surface area contributed by atoms with Crippen molar-refractivity contribution in [1.82, 2.24) is 20.9 Å². The zero-order valence-electron chi connectivity index (χ0n) is 22.7. The third kappa shape index (κ3) is 9.10. The lowest BCUT2D eigenvalue weighted by Crippen LogP contribution is -2.58. The highest BCUT2D eigenvalue weighted by Crippen LogP contribution is 2.20. The topological polar surface area (TPSA) is 204 Å². The quantitative estimate of drug-likeness (QED) is 0.172. The van der Waals surface area contributed by atoms with Crippen molar-refractivity contribution in [1.29, 1.82) is 0 Å². The first kappa shape index (κ1) is 31.3. The summed E-state index contributed by atoms with van der Waals surface area (Å²) in [6.45, 7) is 7.21. The van der Waals surface area contributed by atoms with Crippen LogP contribution in [0.5, 0.6) is 0 Å². The number of amides is 3. The minimum absolute atomic E-state index is 0.0188. The number of aromatic nitrogens is 1. The van der Waals surface area contributed by atoms with E-state index in [1.165, 1.54) is 0 Å². The number of carbonyl (C=O) groups excluding carboxylic acids is 3. The van der Waals surface area contributed by atoms with Crippen LogP contribution < -0.4 is 21.7 Å². The molecule has 0 fully saturated rings. The summed E-state index contributed by atoms with van der Waals surface area (Å²) in [5.41, 5.74) is 7.38. The molecular formula is C27H39N5O7. The van der Waals surface area contributed by atoms with Gasteiger partial charge in [0.15, 0.2) is 0 Å². The average Bonchev–Trinajstić information content (AvgIpc) is 3.27. The largest absolute Gasteiger partial charge is 0.481 e. The maximum atomic E-state index is 13.3. The molecule has 2 aromatic rings. The number of benzene rings is 1. The van der Waals surface area contributed by atoms with Crippen LogP contribution in [0.2, 0.25) is 0 Å². The van der Waals surface area contributed by atoms with Gasteiger partial charge in [-0.25, -0.2) is 4.79 Å². The number of carboxylic acids is 2. The molecule has 0 aliphatic heterocycles. The molecule has 0 aliphatic carbocycles. The minimum Gasteiger partial charge on any atom is -0.481 e. The second-order valence-electron chi connectivity index (χ2n) is 10.2. The van der Waals surface area contributed by atoms with Gasteiger partial charge in [-0.15, -0.1) is 0 Å². The van der Waals surface area contributed by atoms with Gasteiger partial charge in [-0.05, 0) is 29.9 Å². The summed E-state index contributed by atoms with van der Waals surface area (Å²) in [5, 5.41) is 27.2. The number of para-hydroxylation sites is 1. The lowest BCUT2D eigenvalue weighted by molar-refractivity contribution is -0.144. The number of nitrogens with two attached hydrogens (primary N) is 1. The number of hydrogen-bond acceptors (Lipinski definition) is 6. The van der Waals surface area contributed by atoms with Crippen LogP contribution in [-0.2, 0) is 30.4 Å². The summed E-state index contributed by atoms with van der Waals surface area (Å²) < 4.78 is 0. The van der Waals surface area contributed by atoms with E-state index < -0.39 is 66.2 Å². The number of aromatic amines is 1. The number of carbonyl (C=O) groups is 5. The molecule has 1 aromatic carbocycles. The molecule has 39 heavy (non-hydrogen) atoms. The van der Waals surface area contributed by atoms with Gasteiger partial charge < -0.3 is 36.9 Å². The van der Waals surface area contributed by atoms with Crippen LogP contribution in [0.4, 0.5) is 0 Å². The maximum absolute atomic E-state index is 13.3. The van der Waals surface area contributed by atoms with Crippen molar-refractivity contribution in [3.63, 3.8) is 0 Å². The highest BCUT2D eigenvalue weighted by Gasteiger charge is 2.33. The number of carboxylic acid groups (broad SMARTS) is 2. The van der Waals surface area contributed by atoms with E-state index in [1.807, 2.05) is 38.1 Å². The number of H-pyrrole nitrogens is 1. The number of fused-ring (bicyclic) bond motifs is 1. The van der Waals surface area contributed by atoms with Gasteiger partial charge in [-0.1, -0.05) is 52.3 Å². The number of rotatable bonds is 15. The summed E-state index contributed by atoms with van der Waals surface area (Å²) in [7, 11) is 0. The lowest BCUT2D eigenvalue weighted by atomic mass is 9.98. The first-order valence-corrected chi connectivity index (χ1v) is 13.0. The van der Waals surface area contributed by atoms with Gasteiger partial charge in [0.25, 0.3) is 0 Å². The van der Waals surface area contributed by atoms with Crippen LogP contribution >= 0.6 is 0 Å². The monoisotopic (exact) mass is 545 g/mol. The highest BCUT2D eigenvalue weighted by molar-refractivity contribution is 5.96. The van der Waals surface area contributed by atoms with E-state index in [2.05, 4.69) is 20.9 Å². The first-order valence-electron chi connectivity index (χ1n) is 13.0. The van der Waals surface area contributed by atoms with Gasteiger partial charge in [-0.3, -0.25) is 19.2 Å². The second kappa shape index (κ2) is 14.3. The fraction of sp³-hybridized carbons (Fsp3) is 0.519. The molecule has 0 radical (unpaired) electrons. The molecule has 0 saturated carbocycles. The summed E-state index contributed by atoms with van der Waals surface area (Å²) in [6.07, 6.45) is 1.74. The van der Waals surface area contributed by atoms with E-state index >= 15 is 0 Å². The van der Waals surface area contributed by atoms with E-state index in [0.717, 1.165) is 10.9 Å². The number of hydrogen-bond donors (Lipinski definition) is 7. The molecule has 12 nitrogen and oxygen atoms in total. The van der Waals surface area contributed by atoms with E-state index in [0.29, 0.717) is 18.4 Å². The number of aliphatic carboxylic acids is 2. The van der Waals surface area contributed by atoms with Crippen LogP contribution in [0.15, 0.2) is 30.5 Å². The zero-order valence-corrected chi connectivity index (χ0v) is 22.7. The van der Waals surface area contributed by atoms with E-state index in [9.17, 15) is 34.2 Å². The molecule has 5 atom stereocenters. The van der Waals surface area contributed by atoms with Crippen molar-refractivity contribution in [2.45, 2.75) is 77.5 Å². The molecule has 0 aliphatic rings. The molecule has 5 unspecified atom stereocenters. The Morgan fingerprint density at radius 2 is 1.54 bits per heavy atom. The molecule has 214 valence electrons. The van der Waals surface area contributed by atoms with Gasteiger partial charge in [0, 0.05) is 23.5 Å². The molecule has 1 aromatic heterocycles. The SMILES string of the molecule is CCC(C)C(NC(=O)C(Cc1c[nH]c2ccccc12)NC(=O)C(CC(=O)O)NC(=O)C(N)CC(C)C)C(=O)O. The smallest absolute Gasteiger partial charge is 0.326 e. The Kier molecular flexibility index (Phi) is 11.5. The van der Waals surface area contributed by atoms with Crippen LogP contribution in [0, 0.1) is 11.8 Å². The Hall–Kier alpha value is -3.93. The van der Waals surface area contributed by atoms with Crippen LogP contribution in [0.25, 0.3) is 10.9 Å². The van der Waals surface area contributed by atoms with Crippen LogP contribution in [-0.4, -0.2) is 69.0 Å². The number of nitrogens with one attached hydrogen (secondary N) is 4. The average molecular weight is 546 g/mol. The predicted molar refractivity (Wildman–Crippen MR) is 145 cm³/mol. The van der Waals surface area contributed by atoms with Gasteiger partial charge in [0.2, 0.25) is 17.7 Å². The molecule has 2 rings (SSSR count). The standard InChI is InChI=1S/C27H39N5O7/c1-5-15(4)23(27(38)39)32-26(37)20(11-16-13-29-19-9-7-6-8-17(16)19)31-25(36)21(12-22(33)34)30-24(35)18(28)10-14(2)3/h6-9,13-15,18,20-21,23,29H,5,10-12,28H2,1-4H3,(H,30,35)(H,31,36)(H,32,37)(H,33,34)(H,38,39). The highest BCUT2D eigenvalue weighted by atomic mass is 16.4. The molecule has 1 heterocycles. The summed E-state index contributed by atoms with van der Waals surface area (Å²) in [5.74, 6) is -5.20. The molecule has 0 bridgehead atoms. The van der Waals surface area contributed by atoms with Gasteiger partial charge in [-0.2, -0.15) is 0 Å². The third-order valence-electron chi connectivity index (χ3n) is 6.58. The van der Waals surface area contributed by atoms with Gasteiger partial charge >= 0.3 is 11.9 Å². The molecule has 3 amide bonds. The Morgan fingerprint density at radius 1 is 0.923 bits per heavy atom. The summed E-state index contributed by atoms with van der Waals surface area (Å²) >= 11 is 0. The van der Waals surface area contributed by atoms with Crippen molar-refractivity contribution in [3.8, 4) is 0 Å². The Morgan fingerprint density at radius 3 is 2.13 bits per heavy atom. The van der Waals surface area contributed by atoms with Gasteiger partial charge in [0.1, 0.15) is 18.1 Å². The molecule has 8 N–H and O–H groups in total. The maximum Gasteiger partial charge on any atom is 0.326 e. The van der Waals surface area contributed by atoms with Crippen molar-refractivity contribution in [2.24, 2.45) is 17.6 Å². The van der Waals surface area contributed by atoms with Crippen LogP contribution in [0.1, 0.15) is 52.5 Å². The van der Waals surface area contributed by atoms with Crippen molar-refractivity contribution in [2.75, 3.05) is 0 Å². The third-order valence-corrected chi connectivity index (χ3v) is 6.58. The molecule has 0 saturated heterocycles. The Balaban J connectivity index is 2.34. The lowest BCUT2D eigenvalue weighted by Gasteiger charge is -2.26.